The van der Waals surface area contributed by atoms with Gasteiger partial charge in [0.05, 0.1) is 16.2 Å². The predicted octanol–water partition coefficient (Wildman–Crippen LogP) is 2.04. The summed E-state index contributed by atoms with van der Waals surface area (Å²) in [5, 5.41) is 22.5. The molecule has 2 rings (SSSR count). The first-order chi connectivity index (χ1) is 7.20. The van der Waals surface area contributed by atoms with Crippen molar-refractivity contribution in [1.29, 1.82) is 5.26 Å². The molecule has 76 valence electrons. The van der Waals surface area contributed by atoms with E-state index in [1.54, 1.807) is 0 Å². The van der Waals surface area contributed by atoms with Crippen LogP contribution in [0.25, 0.3) is 0 Å². The van der Waals surface area contributed by atoms with Crippen molar-refractivity contribution < 1.29 is 4.92 Å². The lowest BCUT2D eigenvalue weighted by Gasteiger charge is -2.05. The average Bonchev–Trinajstić information content (AvgIpc) is 3.01. The van der Waals surface area contributed by atoms with Gasteiger partial charge in [-0.25, -0.2) is 0 Å². The smallest absolute Gasteiger partial charge is 0.271 e. The molecule has 15 heavy (non-hydrogen) atoms. The molecular formula is C10H9N3O2. The van der Waals surface area contributed by atoms with E-state index in [4.69, 9.17) is 5.26 Å². The standard InChI is InChI=1S/C10H9N3O2/c11-6-7-1-4-9(13(14)15)5-10(7)12-8-2-3-8/h1,4-5,8,12H,2-3H2. The van der Waals surface area contributed by atoms with Gasteiger partial charge in [0.2, 0.25) is 0 Å². The van der Waals surface area contributed by atoms with Gasteiger partial charge in [0.1, 0.15) is 6.07 Å². The number of non-ortho nitro benzene ring substituents is 1. The minimum atomic E-state index is -0.459. The van der Waals surface area contributed by atoms with Crippen LogP contribution in [0.2, 0.25) is 0 Å². The molecule has 1 aliphatic rings. The Morgan fingerprint density at radius 1 is 1.53 bits per heavy atom. The summed E-state index contributed by atoms with van der Waals surface area (Å²) in [7, 11) is 0. The maximum atomic E-state index is 10.5. The van der Waals surface area contributed by atoms with Crippen LogP contribution in [0.1, 0.15) is 18.4 Å². The van der Waals surface area contributed by atoms with Gasteiger partial charge < -0.3 is 5.32 Å². The van der Waals surface area contributed by atoms with Gasteiger partial charge in [0.15, 0.2) is 0 Å². The highest BCUT2D eigenvalue weighted by molar-refractivity contribution is 5.62. The largest absolute Gasteiger partial charge is 0.381 e. The summed E-state index contributed by atoms with van der Waals surface area (Å²) in [6.45, 7) is 0. The van der Waals surface area contributed by atoms with Gasteiger partial charge in [0.25, 0.3) is 5.69 Å². The first-order valence-corrected chi connectivity index (χ1v) is 4.66. The lowest BCUT2D eigenvalue weighted by atomic mass is 10.1. The summed E-state index contributed by atoms with van der Waals surface area (Å²) in [6.07, 6.45) is 2.13. The summed E-state index contributed by atoms with van der Waals surface area (Å²) >= 11 is 0. The minimum Gasteiger partial charge on any atom is -0.381 e. The van der Waals surface area contributed by atoms with Crippen molar-refractivity contribution in [1.82, 2.24) is 0 Å². The summed E-state index contributed by atoms with van der Waals surface area (Å²) in [5.41, 5.74) is 1.03. The number of nitrogens with one attached hydrogen (secondary N) is 1. The maximum Gasteiger partial charge on any atom is 0.271 e. The lowest BCUT2D eigenvalue weighted by molar-refractivity contribution is -0.384. The molecule has 0 aromatic heterocycles. The molecule has 5 heteroatoms. The normalized spacial score (nSPS) is 14.3. The Morgan fingerprint density at radius 2 is 2.27 bits per heavy atom. The Balaban J connectivity index is 2.33. The van der Waals surface area contributed by atoms with Crippen LogP contribution < -0.4 is 5.32 Å². The first-order valence-electron chi connectivity index (χ1n) is 4.66. The van der Waals surface area contributed by atoms with Crippen molar-refractivity contribution in [3.05, 3.63) is 33.9 Å². The fraction of sp³-hybridized carbons (Fsp3) is 0.300. The number of hydrogen-bond donors (Lipinski definition) is 1. The summed E-state index contributed by atoms with van der Waals surface area (Å²) < 4.78 is 0. The Bertz CT molecular complexity index is 446. The van der Waals surface area contributed by atoms with Crippen molar-refractivity contribution in [2.45, 2.75) is 18.9 Å². The number of benzene rings is 1. The summed E-state index contributed by atoms with van der Waals surface area (Å²) in [5.74, 6) is 0. The van der Waals surface area contributed by atoms with E-state index in [2.05, 4.69) is 5.32 Å². The molecule has 1 aliphatic carbocycles. The van der Waals surface area contributed by atoms with Crippen LogP contribution in [0.15, 0.2) is 18.2 Å². The summed E-state index contributed by atoms with van der Waals surface area (Å²) in [6, 6.07) is 6.62. The number of nitro groups is 1. The molecule has 0 amide bonds. The highest BCUT2D eigenvalue weighted by atomic mass is 16.6. The number of nitro benzene ring substituents is 1. The number of nitrogens with zero attached hydrogens (tertiary/aromatic N) is 2. The molecule has 1 aromatic rings. The van der Waals surface area contributed by atoms with Gasteiger partial charge in [-0.3, -0.25) is 10.1 Å². The molecule has 1 fully saturated rings. The van der Waals surface area contributed by atoms with E-state index in [1.165, 1.54) is 18.2 Å². The first kappa shape index (κ1) is 9.46. The maximum absolute atomic E-state index is 10.5. The van der Waals surface area contributed by atoms with Gasteiger partial charge in [0, 0.05) is 18.2 Å². The van der Waals surface area contributed by atoms with Crippen LogP contribution in [-0.4, -0.2) is 11.0 Å². The van der Waals surface area contributed by atoms with Gasteiger partial charge in [-0.05, 0) is 18.9 Å². The van der Waals surface area contributed by atoms with Gasteiger partial charge in [-0.15, -0.1) is 0 Å². The molecular weight excluding hydrogens is 194 g/mol. The monoisotopic (exact) mass is 203 g/mol. The lowest BCUT2D eigenvalue weighted by Crippen LogP contribution is -2.03. The van der Waals surface area contributed by atoms with Gasteiger partial charge in [-0.1, -0.05) is 0 Å². The number of nitriles is 1. The second-order valence-electron chi connectivity index (χ2n) is 3.52. The Kier molecular flexibility index (Phi) is 2.26. The molecule has 0 aliphatic heterocycles. The fourth-order valence-corrected chi connectivity index (χ4v) is 1.31. The van der Waals surface area contributed by atoms with Crippen molar-refractivity contribution in [3.8, 4) is 6.07 Å². The predicted molar refractivity (Wildman–Crippen MR) is 54.5 cm³/mol. The Hall–Kier alpha value is -2.09. The molecule has 1 saturated carbocycles. The molecule has 0 spiro atoms. The second kappa shape index (κ2) is 3.58. The van der Waals surface area contributed by atoms with Crippen LogP contribution in [-0.2, 0) is 0 Å². The molecule has 1 aromatic carbocycles. The van der Waals surface area contributed by atoms with Gasteiger partial charge >= 0.3 is 0 Å². The molecule has 0 atom stereocenters. The third-order valence-electron chi connectivity index (χ3n) is 2.27. The minimum absolute atomic E-state index is 0.0113. The quantitative estimate of drug-likeness (QED) is 0.602. The zero-order chi connectivity index (χ0) is 10.8. The molecule has 1 N–H and O–H groups in total. The zero-order valence-corrected chi connectivity index (χ0v) is 7.93. The van der Waals surface area contributed by atoms with E-state index in [-0.39, 0.29) is 5.69 Å². The van der Waals surface area contributed by atoms with E-state index in [1.807, 2.05) is 6.07 Å². The van der Waals surface area contributed by atoms with Crippen LogP contribution in [0.4, 0.5) is 11.4 Å². The van der Waals surface area contributed by atoms with Crippen molar-refractivity contribution in [2.75, 3.05) is 5.32 Å². The topological polar surface area (TPSA) is 79.0 Å². The van der Waals surface area contributed by atoms with Crippen LogP contribution in [0.5, 0.6) is 0 Å². The van der Waals surface area contributed by atoms with E-state index in [0.29, 0.717) is 17.3 Å². The molecule has 5 nitrogen and oxygen atoms in total. The fourth-order valence-electron chi connectivity index (χ4n) is 1.31. The number of anilines is 1. The van der Waals surface area contributed by atoms with Crippen LogP contribution >= 0.6 is 0 Å². The highest BCUT2D eigenvalue weighted by Gasteiger charge is 2.22. The molecule has 0 bridgehead atoms. The number of hydrogen-bond acceptors (Lipinski definition) is 4. The van der Waals surface area contributed by atoms with Gasteiger partial charge in [-0.2, -0.15) is 5.26 Å². The molecule has 0 unspecified atom stereocenters. The third-order valence-corrected chi connectivity index (χ3v) is 2.27. The van der Waals surface area contributed by atoms with Crippen molar-refractivity contribution in [2.24, 2.45) is 0 Å². The SMILES string of the molecule is N#Cc1ccc([N+](=O)[O-])cc1NC1CC1. The van der Waals surface area contributed by atoms with E-state index >= 15 is 0 Å². The van der Waals surface area contributed by atoms with Crippen molar-refractivity contribution >= 4 is 11.4 Å². The number of rotatable bonds is 3. The molecule has 0 heterocycles. The molecule has 0 saturated heterocycles. The third kappa shape index (κ3) is 2.05. The zero-order valence-electron chi connectivity index (χ0n) is 7.93. The Morgan fingerprint density at radius 3 is 2.80 bits per heavy atom. The highest BCUT2D eigenvalue weighted by Crippen LogP contribution is 2.28. The molecule has 0 radical (unpaired) electrons. The van der Waals surface area contributed by atoms with Crippen LogP contribution in [0.3, 0.4) is 0 Å². The summed E-state index contributed by atoms with van der Waals surface area (Å²) in [4.78, 5) is 10.1. The van der Waals surface area contributed by atoms with E-state index < -0.39 is 4.92 Å². The van der Waals surface area contributed by atoms with E-state index in [0.717, 1.165) is 12.8 Å². The Labute approximate surface area is 86.5 Å². The average molecular weight is 203 g/mol. The van der Waals surface area contributed by atoms with E-state index in [9.17, 15) is 10.1 Å². The second-order valence-corrected chi connectivity index (χ2v) is 3.52. The van der Waals surface area contributed by atoms with Crippen LogP contribution in [0, 0.1) is 21.4 Å². The van der Waals surface area contributed by atoms with Crippen molar-refractivity contribution in [3.63, 3.8) is 0 Å².